The molecule has 0 aliphatic carbocycles. The molecule has 1 aromatic carbocycles. The highest BCUT2D eigenvalue weighted by molar-refractivity contribution is 5.80. The van der Waals surface area contributed by atoms with Crippen LogP contribution in [0.25, 0.3) is 0 Å². The van der Waals surface area contributed by atoms with Crippen LogP contribution in [0.2, 0.25) is 0 Å². The lowest BCUT2D eigenvalue weighted by atomic mass is 10.3. The molecule has 1 aliphatic heterocycles. The van der Waals surface area contributed by atoms with E-state index in [9.17, 15) is 0 Å². The van der Waals surface area contributed by atoms with E-state index < -0.39 is 0 Å². The maximum atomic E-state index is 4.30. The van der Waals surface area contributed by atoms with Gasteiger partial charge in [-0.3, -0.25) is 4.99 Å². The number of benzene rings is 1. The molecule has 1 fully saturated rings. The molecule has 0 saturated carbocycles. The van der Waals surface area contributed by atoms with Crippen molar-refractivity contribution in [2.45, 2.75) is 19.0 Å². The van der Waals surface area contributed by atoms with Gasteiger partial charge in [-0.1, -0.05) is 18.2 Å². The molecule has 2 aromatic rings. The Hall–Kier alpha value is -2.57. The molecule has 23 heavy (non-hydrogen) atoms. The molecule has 0 amide bonds. The van der Waals surface area contributed by atoms with Crippen molar-refractivity contribution in [2.24, 2.45) is 12.0 Å². The fraction of sp³-hybridized carbons (Fsp3) is 0.438. The molecular formula is C16H23N7. The number of hydrogen-bond acceptors (Lipinski definition) is 4. The summed E-state index contributed by atoms with van der Waals surface area (Å²) in [5.41, 5.74) is 1.28. The van der Waals surface area contributed by atoms with Crippen molar-refractivity contribution >= 4 is 11.6 Å². The van der Waals surface area contributed by atoms with E-state index >= 15 is 0 Å². The molecule has 1 unspecified atom stereocenters. The van der Waals surface area contributed by atoms with Gasteiger partial charge in [0, 0.05) is 38.9 Å². The third-order valence-electron chi connectivity index (χ3n) is 4.09. The van der Waals surface area contributed by atoms with Gasteiger partial charge in [-0.15, -0.1) is 10.2 Å². The van der Waals surface area contributed by atoms with Crippen molar-refractivity contribution in [2.75, 3.05) is 25.0 Å². The molecule has 0 radical (unpaired) electrons. The quantitative estimate of drug-likeness (QED) is 0.644. The molecule has 3 rings (SSSR count). The van der Waals surface area contributed by atoms with Crippen LogP contribution in [0.5, 0.6) is 0 Å². The van der Waals surface area contributed by atoms with Gasteiger partial charge in [0.15, 0.2) is 11.8 Å². The normalized spacial score (nSPS) is 18.3. The van der Waals surface area contributed by atoms with E-state index in [4.69, 9.17) is 0 Å². The summed E-state index contributed by atoms with van der Waals surface area (Å²) in [7, 11) is 3.72. The van der Waals surface area contributed by atoms with Gasteiger partial charge in [0.25, 0.3) is 0 Å². The van der Waals surface area contributed by atoms with E-state index in [-0.39, 0.29) is 0 Å². The molecule has 7 heteroatoms. The Balaban J connectivity index is 1.51. The van der Waals surface area contributed by atoms with Crippen molar-refractivity contribution in [3.05, 3.63) is 42.5 Å². The number of hydrogen-bond donors (Lipinski definition) is 2. The predicted molar refractivity (Wildman–Crippen MR) is 91.4 cm³/mol. The topological polar surface area (TPSA) is 70.4 Å². The fourth-order valence-electron chi connectivity index (χ4n) is 2.77. The number of para-hydroxylation sites is 1. The third kappa shape index (κ3) is 3.80. The van der Waals surface area contributed by atoms with Crippen molar-refractivity contribution in [1.29, 1.82) is 0 Å². The molecule has 2 N–H and O–H groups in total. The smallest absolute Gasteiger partial charge is 0.191 e. The number of anilines is 1. The van der Waals surface area contributed by atoms with Crippen LogP contribution in [0.4, 0.5) is 5.69 Å². The average molecular weight is 313 g/mol. The average Bonchev–Trinajstić information content (AvgIpc) is 3.21. The fourth-order valence-corrected chi connectivity index (χ4v) is 2.77. The summed E-state index contributed by atoms with van der Waals surface area (Å²) in [5.74, 6) is 1.68. The highest BCUT2D eigenvalue weighted by Gasteiger charge is 2.23. The van der Waals surface area contributed by atoms with Crippen LogP contribution in [0, 0.1) is 0 Å². The zero-order chi connectivity index (χ0) is 16.1. The molecule has 1 aromatic heterocycles. The maximum Gasteiger partial charge on any atom is 0.191 e. The minimum absolute atomic E-state index is 0.390. The second-order valence-electron chi connectivity index (χ2n) is 5.70. The summed E-state index contributed by atoms with van der Waals surface area (Å²) in [6, 6.07) is 10.9. The Morgan fingerprint density at radius 2 is 2.17 bits per heavy atom. The molecule has 2 heterocycles. The summed E-state index contributed by atoms with van der Waals surface area (Å²) >= 11 is 0. The zero-order valence-corrected chi connectivity index (χ0v) is 13.6. The number of nitrogens with one attached hydrogen (secondary N) is 2. The molecule has 0 bridgehead atoms. The van der Waals surface area contributed by atoms with Crippen LogP contribution in [0.3, 0.4) is 0 Å². The van der Waals surface area contributed by atoms with Crippen molar-refractivity contribution < 1.29 is 0 Å². The van der Waals surface area contributed by atoms with E-state index in [1.54, 1.807) is 13.4 Å². The highest BCUT2D eigenvalue weighted by atomic mass is 15.3. The Kier molecular flexibility index (Phi) is 4.75. The van der Waals surface area contributed by atoms with E-state index in [1.165, 1.54) is 5.69 Å². The predicted octanol–water partition coefficient (Wildman–Crippen LogP) is 0.759. The van der Waals surface area contributed by atoms with Gasteiger partial charge in [0.2, 0.25) is 0 Å². The Bertz CT molecular complexity index is 649. The van der Waals surface area contributed by atoms with Crippen LogP contribution in [0.1, 0.15) is 12.2 Å². The van der Waals surface area contributed by atoms with E-state index in [0.717, 1.165) is 31.3 Å². The number of rotatable bonds is 4. The maximum absolute atomic E-state index is 4.30. The van der Waals surface area contributed by atoms with Gasteiger partial charge in [-0.2, -0.15) is 0 Å². The highest BCUT2D eigenvalue weighted by Crippen LogP contribution is 2.19. The summed E-state index contributed by atoms with van der Waals surface area (Å²) in [4.78, 5) is 6.69. The minimum Gasteiger partial charge on any atom is -0.369 e. The van der Waals surface area contributed by atoms with Crippen molar-refractivity contribution in [3.63, 3.8) is 0 Å². The lowest BCUT2D eigenvalue weighted by Crippen LogP contribution is -2.44. The molecule has 1 atom stereocenters. The first-order chi connectivity index (χ1) is 11.3. The molecular weight excluding hydrogens is 290 g/mol. The molecule has 122 valence electrons. The Labute approximate surface area is 136 Å². The Morgan fingerprint density at radius 3 is 2.87 bits per heavy atom. The van der Waals surface area contributed by atoms with Gasteiger partial charge in [-0.25, -0.2) is 0 Å². The molecule has 1 aliphatic rings. The van der Waals surface area contributed by atoms with Crippen LogP contribution in [-0.4, -0.2) is 46.9 Å². The van der Waals surface area contributed by atoms with Gasteiger partial charge in [0.1, 0.15) is 6.33 Å². The number of aromatic nitrogens is 3. The van der Waals surface area contributed by atoms with Gasteiger partial charge in [0.05, 0.1) is 6.54 Å². The van der Waals surface area contributed by atoms with Gasteiger partial charge in [-0.05, 0) is 18.6 Å². The lowest BCUT2D eigenvalue weighted by molar-refractivity contribution is 0.640. The Morgan fingerprint density at radius 1 is 1.35 bits per heavy atom. The van der Waals surface area contributed by atoms with Crippen molar-refractivity contribution in [3.8, 4) is 0 Å². The molecule has 7 nitrogen and oxygen atoms in total. The SMILES string of the molecule is CN=C(NCc1nncn1C)NC1CCN(c2ccccc2)C1. The largest absolute Gasteiger partial charge is 0.369 e. The number of aliphatic imine (C=N–C) groups is 1. The number of guanidine groups is 1. The summed E-state index contributed by atoms with van der Waals surface area (Å²) in [6.07, 6.45) is 2.79. The van der Waals surface area contributed by atoms with E-state index in [1.807, 2.05) is 17.7 Å². The lowest BCUT2D eigenvalue weighted by Gasteiger charge is -2.20. The van der Waals surface area contributed by atoms with Gasteiger partial charge < -0.3 is 20.1 Å². The van der Waals surface area contributed by atoms with Crippen LogP contribution < -0.4 is 15.5 Å². The monoisotopic (exact) mass is 313 g/mol. The first kappa shape index (κ1) is 15.3. The van der Waals surface area contributed by atoms with Crippen LogP contribution in [0.15, 0.2) is 41.7 Å². The standard InChI is InChI=1S/C16H23N7/c1-17-16(18-10-15-21-19-12-22(15)2)20-13-8-9-23(11-13)14-6-4-3-5-7-14/h3-7,12-13H,8-11H2,1-2H3,(H2,17,18,20). The first-order valence-electron chi connectivity index (χ1n) is 7.86. The van der Waals surface area contributed by atoms with Crippen molar-refractivity contribution in [1.82, 2.24) is 25.4 Å². The van der Waals surface area contributed by atoms with E-state index in [0.29, 0.717) is 12.6 Å². The van der Waals surface area contributed by atoms with E-state index in [2.05, 4.69) is 55.0 Å². The van der Waals surface area contributed by atoms with Gasteiger partial charge >= 0.3 is 0 Å². The van der Waals surface area contributed by atoms with Crippen LogP contribution in [-0.2, 0) is 13.6 Å². The summed E-state index contributed by atoms with van der Waals surface area (Å²) < 4.78 is 1.90. The third-order valence-corrected chi connectivity index (χ3v) is 4.09. The molecule has 0 spiro atoms. The minimum atomic E-state index is 0.390. The second-order valence-corrected chi connectivity index (χ2v) is 5.70. The van der Waals surface area contributed by atoms with Crippen LogP contribution >= 0.6 is 0 Å². The summed E-state index contributed by atoms with van der Waals surface area (Å²) in [6.45, 7) is 2.64. The summed E-state index contributed by atoms with van der Waals surface area (Å²) in [5, 5.41) is 14.7. The second kappa shape index (κ2) is 7.13. The molecule has 1 saturated heterocycles. The number of nitrogens with zero attached hydrogens (tertiary/aromatic N) is 5. The zero-order valence-electron chi connectivity index (χ0n) is 13.6. The number of aryl methyl sites for hydroxylation is 1. The first-order valence-corrected chi connectivity index (χ1v) is 7.86.